The molecule has 0 radical (unpaired) electrons. The number of rotatable bonds is 6. The minimum atomic E-state index is -3.21. The van der Waals surface area contributed by atoms with Gasteiger partial charge in [0.15, 0.2) is 0 Å². The molecule has 0 saturated heterocycles. The summed E-state index contributed by atoms with van der Waals surface area (Å²) >= 11 is 1.36. The summed E-state index contributed by atoms with van der Waals surface area (Å²) in [4.78, 5) is 11.0. The van der Waals surface area contributed by atoms with Gasteiger partial charge >= 0.3 is 5.97 Å². The Balaban J connectivity index is 3.76. The molecule has 7 heteroatoms. The van der Waals surface area contributed by atoms with Gasteiger partial charge in [-0.15, -0.1) is 0 Å². The van der Waals surface area contributed by atoms with Gasteiger partial charge in [0.25, 0.3) is 0 Å². The van der Waals surface area contributed by atoms with Crippen molar-refractivity contribution in [3.05, 3.63) is 0 Å². The zero-order valence-corrected chi connectivity index (χ0v) is 10.1. The predicted octanol–water partition coefficient (Wildman–Crippen LogP) is -0.170. The number of esters is 1. The highest BCUT2D eigenvalue weighted by molar-refractivity contribution is 7.99. The van der Waals surface area contributed by atoms with Gasteiger partial charge in [-0.25, -0.2) is 13.1 Å². The lowest BCUT2D eigenvalue weighted by Gasteiger charge is -2.12. The van der Waals surface area contributed by atoms with Crippen LogP contribution in [0, 0.1) is 0 Å². The maximum absolute atomic E-state index is 11.0. The molecular formula is C7H15NO4S2. The van der Waals surface area contributed by atoms with Crippen LogP contribution in [-0.2, 0) is 19.6 Å². The molecule has 0 spiro atoms. The highest BCUT2D eigenvalue weighted by Crippen LogP contribution is 1.97. The lowest BCUT2D eigenvalue weighted by atomic mass is 10.4. The van der Waals surface area contributed by atoms with Crippen LogP contribution >= 0.6 is 11.8 Å². The third-order valence-electron chi connectivity index (χ3n) is 1.23. The highest BCUT2D eigenvalue weighted by Gasteiger charge is 2.10. The van der Waals surface area contributed by atoms with E-state index in [0.717, 1.165) is 6.26 Å². The number of carbonyl (C=O) groups is 1. The molecule has 0 heterocycles. The third-order valence-corrected chi connectivity index (χ3v) is 2.44. The lowest BCUT2D eigenvalue weighted by Crippen LogP contribution is -2.32. The van der Waals surface area contributed by atoms with E-state index in [1.807, 2.05) is 0 Å². The molecule has 0 bridgehead atoms. The van der Waals surface area contributed by atoms with E-state index in [0.29, 0.717) is 0 Å². The Morgan fingerprint density at radius 1 is 1.57 bits per heavy atom. The van der Waals surface area contributed by atoms with E-state index in [1.54, 1.807) is 13.2 Å². The van der Waals surface area contributed by atoms with Crippen LogP contribution in [0.4, 0.5) is 0 Å². The van der Waals surface area contributed by atoms with Crippen LogP contribution in [0.25, 0.3) is 0 Å². The van der Waals surface area contributed by atoms with Crippen molar-refractivity contribution in [2.75, 3.05) is 24.8 Å². The second-order valence-corrected chi connectivity index (χ2v) is 5.55. The maximum Gasteiger partial charge on any atom is 0.316 e. The Morgan fingerprint density at radius 2 is 2.14 bits per heavy atom. The van der Waals surface area contributed by atoms with Crippen LogP contribution in [0.2, 0.25) is 0 Å². The predicted molar refractivity (Wildman–Crippen MR) is 56.8 cm³/mol. The Hall–Kier alpha value is -0.270. The van der Waals surface area contributed by atoms with E-state index in [-0.39, 0.29) is 18.3 Å². The van der Waals surface area contributed by atoms with Gasteiger partial charge in [-0.1, -0.05) is 0 Å². The van der Waals surface area contributed by atoms with Gasteiger partial charge < -0.3 is 4.74 Å². The topological polar surface area (TPSA) is 72.5 Å². The van der Waals surface area contributed by atoms with Crippen molar-refractivity contribution in [3.63, 3.8) is 0 Å². The Morgan fingerprint density at radius 3 is 2.57 bits per heavy atom. The van der Waals surface area contributed by atoms with Gasteiger partial charge in [-0.3, -0.25) is 4.79 Å². The lowest BCUT2D eigenvalue weighted by molar-refractivity contribution is -0.144. The summed E-state index contributed by atoms with van der Waals surface area (Å²) < 4.78 is 28.5. The largest absolute Gasteiger partial charge is 0.461 e. The van der Waals surface area contributed by atoms with Crippen LogP contribution in [0.5, 0.6) is 0 Å². The summed E-state index contributed by atoms with van der Waals surface area (Å²) in [6, 6.07) is 0. The van der Waals surface area contributed by atoms with Gasteiger partial charge in [0.05, 0.1) is 12.0 Å². The number of hydrogen-bond acceptors (Lipinski definition) is 5. The van der Waals surface area contributed by atoms with Gasteiger partial charge in [-0.2, -0.15) is 11.8 Å². The molecule has 0 fully saturated rings. The zero-order valence-electron chi connectivity index (χ0n) is 8.44. The van der Waals surface area contributed by atoms with E-state index in [1.165, 1.54) is 11.8 Å². The van der Waals surface area contributed by atoms with Crippen molar-refractivity contribution < 1.29 is 17.9 Å². The number of nitrogens with one attached hydrogen (secondary N) is 1. The summed E-state index contributed by atoms with van der Waals surface area (Å²) in [5.41, 5.74) is 0. The molecule has 1 N–H and O–H groups in total. The van der Waals surface area contributed by atoms with Crippen LogP contribution in [0.15, 0.2) is 0 Å². The molecule has 0 aromatic carbocycles. The molecule has 1 atom stereocenters. The second-order valence-electron chi connectivity index (χ2n) is 2.85. The Labute approximate surface area is 88.6 Å². The van der Waals surface area contributed by atoms with Gasteiger partial charge in [0, 0.05) is 6.54 Å². The summed E-state index contributed by atoms with van der Waals surface area (Å²) in [5, 5.41) is 0. The Kier molecular flexibility index (Phi) is 6.14. The molecule has 5 nitrogen and oxygen atoms in total. The Bertz CT molecular complexity index is 275. The van der Waals surface area contributed by atoms with Crippen molar-refractivity contribution >= 4 is 27.8 Å². The van der Waals surface area contributed by atoms with Crippen LogP contribution in [0.3, 0.4) is 0 Å². The molecule has 0 aliphatic rings. The minimum absolute atomic E-state index is 0.110. The number of sulfonamides is 1. The molecule has 0 aromatic rings. The summed E-state index contributed by atoms with van der Waals surface area (Å²) in [6.07, 6.45) is 2.41. The molecule has 0 unspecified atom stereocenters. The average Bonchev–Trinajstić information content (AvgIpc) is 2.00. The van der Waals surface area contributed by atoms with E-state index in [9.17, 15) is 13.2 Å². The highest BCUT2D eigenvalue weighted by atomic mass is 32.2. The van der Waals surface area contributed by atoms with Gasteiger partial charge in [0.1, 0.15) is 6.10 Å². The monoisotopic (exact) mass is 241 g/mol. The number of thioether (sulfide) groups is 1. The van der Waals surface area contributed by atoms with E-state index >= 15 is 0 Å². The first-order chi connectivity index (χ1) is 6.35. The quantitative estimate of drug-likeness (QED) is 0.654. The van der Waals surface area contributed by atoms with E-state index in [4.69, 9.17) is 4.74 Å². The van der Waals surface area contributed by atoms with Crippen LogP contribution in [-0.4, -0.2) is 45.3 Å². The molecule has 0 rings (SSSR count). The third kappa shape index (κ3) is 8.33. The van der Waals surface area contributed by atoms with Gasteiger partial charge in [-0.05, 0) is 13.2 Å². The molecule has 14 heavy (non-hydrogen) atoms. The van der Waals surface area contributed by atoms with Crippen LogP contribution in [0.1, 0.15) is 6.92 Å². The fourth-order valence-corrected chi connectivity index (χ4v) is 1.53. The van der Waals surface area contributed by atoms with E-state index < -0.39 is 16.1 Å². The minimum Gasteiger partial charge on any atom is -0.461 e. The van der Waals surface area contributed by atoms with Crippen LogP contribution < -0.4 is 4.72 Å². The zero-order chi connectivity index (χ0) is 11.2. The molecule has 0 aromatic heterocycles. The van der Waals surface area contributed by atoms with E-state index in [2.05, 4.69) is 4.72 Å². The number of ether oxygens (including phenoxy) is 1. The SMILES string of the molecule is CSCC(=O)O[C@H](C)CNS(C)(=O)=O. The molecule has 84 valence electrons. The first-order valence-electron chi connectivity index (χ1n) is 3.98. The summed E-state index contributed by atoms with van der Waals surface area (Å²) in [7, 11) is -3.21. The molecule has 0 amide bonds. The summed E-state index contributed by atoms with van der Waals surface area (Å²) in [6.45, 7) is 1.75. The molecule has 0 aliphatic heterocycles. The normalized spacial score (nSPS) is 13.6. The first kappa shape index (κ1) is 13.7. The smallest absolute Gasteiger partial charge is 0.316 e. The van der Waals surface area contributed by atoms with Crippen molar-refractivity contribution in [1.29, 1.82) is 0 Å². The van der Waals surface area contributed by atoms with Crippen molar-refractivity contribution in [2.24, 2.45) is 0 Å². The molecule has 0 aliphatic carbocycles. The van der Waals surface area contributed by atoms with Crippen molar-refractivity contribution in [3.8, 4) is 0 Å². The number of carbonyl (C=O) groups excluding carboxylic acids is 1. The fourth-order valence-electron chi connectivity index (χ4n) is 0.687. The molecule has 0 saturated carbocycles. The van der Waals surface area contributed by atoms with Crippen molar-refractivity contribution in [2.45, 2.75) is 13.0 Å². The fraction of sp³-hybridized carbons (Fsp3) is 0.857. The summed E-state index contributed by atoms with van der Waals surface area (Å²) in [5.74, 6) is -0.0521. The molecular weight excluding hydrogens is 226 g/mol. The maximum atomic E-state index is 11.0. The standard InChI is InChI=1S/C7H15NO4S2/c1-6(4-8-14(3,10)11)12-7(9)5-13-2/h6,8H,4-5H2,1-3H3/t6-/m1/s1. The first-order valence-corrected chi connectivity index (χ1v) is 7.26. The average molecular weight is 241 g/mol. The van der Waals surface area contributed by atoms with Crippen molar-refractivity contribution in [1.82, 2.24) is 4.72 Å². The second kappa shape index (κ2) is 6.26. The van der Waals surface area contributed by atoms with Gasteiger partial charge in [0.2, 0.25) is 10.0 Å². The number of hydrogen-bond donors (Lipinski definition) is 1.